The van der Waals surface area contributed by atoms with Gasteiger partial charge in [-0.2, -0.15) is 4.31 Å². The van der Waals surface area contributed by atoms with Crippen LogP contribution >= 0.6 is 11.6 Å². The average molecular weight is 466 g/mol. The van der Waals surface area contributed by atoms with Gasteiger partial charge in [-0.15, -0.1) is 0 Å². The van der Waals surface area contributed by atoms with E-state index in [2.05, 4.69) is 10.3 Å². The number of benzene rings is 1. The Labute approximate surface area is 188 Å². The Bertz CT molecular complexity index is 1100. The van der Waals surface area contributed by atoms with Crippen molar-refractivity contribution in [2.75, 3.05) is 13.1 Å². The van der Waals surface area contributed by atoms with Crippen molar-refractivity contribution in [3.05, 3.63) is 35.6 Å². The normalized spacial score (nSPS) is 19.9. The summed E-state index contributed by atoms with van der Waals surface area (Å²) in [6.07, 6.45) is 4.42. The number of carbonyl (C=O) groups excluding carboxylic acids is 1. The van der Waals surface area contributed by atoms with Crippen LogP contribution in [0.3, 0.4) is 0 Å². The summed E-state index contributed by atoms with van der Waals surface area (Å²) in [6.45, 7) is 6.45. The monoisotopic (exact) mass is 465 g/mol. The van der Waals surface area contributed by atoms with Crippen LogP contribution in [0.5, 0.6) is 0 Å². The predicted octanol–water partition coefficient (Wildman–Crippen LogP) is 4.35. The van der Waals surface area contributed by atoms with Crippen molar-refractivity contribution in [1.82, 2.24) is 14.6 Å². The molecule has 2 aliphatic rings. The first kappa shape index (κ1) is 22.3. The molecule has 1 aromatic carbocycles. The van der Waals surface area contributed by atoms with Crippen LogP contribution in [0.25, 0.3) is 10.8 Å². The molecule has 2 heterocycles. The minimum atomic E-state index is -3.64. The van der Waals surface area contributed by atoms with Gasteiger partial charge in [0.25, 0.3) is 0 Å². The SMILES string of the molecule is CC(C)(C)OC(=O)NC1CC2(CCN(S(=O)(=O)c3cccc4c(Cl)nccc34)CC2)C1. The lowest BCUT2D eigenvalue weighted by atomic mass is 9.60. The molecule has 1 spiro atoms. The van der Waals surface area contributed by atoms with Crippen LogP contribution < -0.4 is 5.32 Å². The highest BCUT2D eigenvalue weighted by Gasteiger charge is 2.48. The topological polar surface area (TPSA) is 88.6 Å². The van der Waals surface area contributed by atoms with Gasteiger partial charge < -0.3 is 10.1 Å². The number of sulfonamides is 1. The van der Waals surface area contributed by atoms with E-state index in [4.69, 9.17) is 16.3 Å². The molecule has 4 rings (SSSR count). The molecule has 1 aliphatic heterocycles. The third-order valence-electron chi connectivity index (χ3n) is 6.20. The highest BCUT2D eigenvalue weighted by molar-refractivity contribution is 7.89. The van der Waals surface area contributed by atoms with E-state index in [-0.39, 0.29) is 16.4 Å². The second-order valence-corrected chi connectivity index (χ2v) is 11.9. The predicted molar refractivity (Wildman–Crippen MR) is 120 cm³/mol. The number of halogens is 1. The van der Waals surface area contributed by atoms with Crippen molar-refractivity contribution in [3.63, 3.8) is 0 Å². The quantitative estimate of drug-likeness (QED) is 0.681. The first-order chi connectivity index (χ1) is 14.5. The number of amides is 1. The highest BCUT2D eigenvalue weighted by atomic mass is 35.5. The van der Waals surface area contributed by atoms with Crippen molar-refractivity contribution < 1.29 is 17.9 Å². The van der Waals surface area contributed by atoms with Crippen LogP contribution in [-0.2, 0) is 14.8 Å². The van der Waals surface area contributed by atoms with E-state index in [1.165, 1.54) is 6.20 Å². The maximum Gasteiger partial charge on any atom is 0.407 e. The fraction of sp³-hybridized carbons (Fsp3) is 0.545. The number of alkyl carbamates (subject to hydrolysis) is 1. The third kappa shape index (κ3) is 4.52. The number of nitrogens with zero attached hydrogens (tertiary/aromatic N) is 2. The molecule has 168 valence electrons. The van der Waals surface area contributed by atoms with Gasteiger partial charge in [-0.05, 0) is 64.0 Å². The average Bonchev–Trinajstić information content (AvgIpc) is 2.65. The van der Waals surface area contributed by atoms with Gasteiger partial charge in [-0.1, -0.05) is 23.7 Å². The fourth-order valence-corrected chi connectivity index (χ4v) is 6.55. The summed E-state index contributed by atoms with van der Waals surface area (Å²) in [5.41, 5.74) is -0.426. The Morgan fingerprint density at radius 3 is 2.52 bits per heavy atom. The van der Waals surface area contributed by atoms with Crippen LogP contribution in [0.1, 0.15) is 46.5 Å². The summed E-state index contributed by atoms with van der Waals surface area (Å²) in [4.78, 5) is 16.3. The zero-order valence-electron chi connectivity index (χ0n) is 18.0. The fourth-order valence-electron chi connectivity index (χ4n) is 4.68. The van der Waals surface area contributed by atoms with Crippen molar-refractivity contribution in [3.8, 4) is 0 Å². The molecular formula is C22H28ClN3O4S. The summed E-state index contributed by atoms with van der Waals surface area (Å²) < 4.78 is 33.6. The zero-order valence-corrected chi connectivity index (χ0v) is 19.6. The van der Waals surface area contributed by atoms with Gasteiger partial charge in [0, 0.05) is 36.1 Å². The standard InChI is InChI=1S/C22H28ClN3O4S/c1-21(2,3)30-20(27)25-15-13-22(14-15)8-11-26(12-9-22)31(28,29)18-6-4-5-17-16(18)7-10-24-19(17)23/h4-7,10,15H,8-9,11-14H2,1-3H3,(H,25,27). The number of ether oxygens (including phenoxy) is 1. The second-order valence-electron chi connectivity index (χ2n) is 9.61. The largest absolute Gasteiger partial charge is 0.444 e. The molecule has 2 aromatic rings. The molecule has 1 saturated carbocycles. The van der Waals surface area contributed by atoms with E-state index in [1.807, 2.05) is 20.8 Å². The molecule has 1 N–H and O–H groups in total. The van der Waals surface area contributed by atoms with Crippen molar-refractivity contribution in [1.29, 1.82) is 0 Å². The summed E-state index contributed by atoms with van der Waals surface area (Å²) in [7, 11) is -3.64. The first-order valence-corrected chi connectivity index (χ1v) is 12.3. The maximum absolute atomic E-state index is 13.4. The Balaban J connectivity index is 1.40. The molecule has 1 aromatic heterocycles. The minimum absolute atomic E-state index is 0.0886. The molecule has 1 amide bonds. The molecule has 2 fully saturated rings. The van der Waals surface area contributed by atoms with Crippen LogP contribution in [0, 0.1) is 5.41 Å². The number of pyridine rings is 1. The van der Waals surface area contributed by atoms with E-state index < -0.39 is 21.7 Å². The maximum atomic E-state index is 13.4. The number of rotatable bonds is 3. The molecule has 7 nitrogen and oxygen atoms in total. The van der Waals surface area contributed by atoms with E-state index in [1.54, 1.807) is 28.6 Å². The third-order valence-corrected chi connectivity index (χ3v) is 8.46. The molecule has 0 unspecified atom stereocenters. The van der Waals surface area contributed by atoms with Crippen molar-refractivity contribution in [2.45, 2.75) is 63.0 Å². The molecule has 1 saturated heterocycles. The van der Waals surface area contributed by atoms with E-state index >= 15 is 0 Å². The lowest BCUT2D eigenvalue weighted by molar-refractivity contribution is 0.0112. The highest BCUT2D eigenvalue weighted by Crippen LogP contribution is 2.49. The number of hydrogen-bond acceptors (Lipinski definition) is 5. The number of fused-ring (bicyclic) bond motifs is 1. The molecule has 0 radical (unpaired) electrons. The number of nitrogens with one attached hydrogen (secondary N) is 1. The van der Waals surface area contributed by atoms with Gasteiger partial charge in [0.2, 0.25) is 10.0 Å². The molecular weight excluding hydrogens is 438 g/mol. The molecule has 0 atom stereocenters. The summed E-state index contributed by atoms with van der Waals surface area (Å²) in [5, 5.41) is 4.45. The van der Waals surface area contributed by atoms with E-state index in [9.17, 15) is 13.2 Å². The molecule has 31 heavy (non-hydrogen) atoms. The number of aromatic nitrogens is 1. The van der Waals surface area contributed by atoms with Crippen LogP contribution in [-0.4, -0.2) is 48.5 Å². The van der Waals surface area contributed by atoms with Gasteiger partial charge in [-0.25, -0.2) is 18.2 Å². The summed E-state index contributed by atoms with van der Waals surface area (Å²) in [5.74, 6) is 0. The Kier molecular flexibility index (Phi) is 5.69. The van der Waals surface area contributed by atoms with Crippen LogP contribution in [0.2, 0.25) is 5.15 Å². The van der Waals surface area contributed by atoms with Crippen LogP contribution in [0.15, 0.2) is 35.4 Å². The lowest BCUT2D eigenvalue weighted by Crippen LogP contribution is -2.55. The smallest absolute Gasteiger partial charge is 0.407 e. The van der Waals surface area contributed by atoms with Gasteiger partial charge in [0.1, 0.15) is 10.8 Å². The number of carbonyl (C=O) groups is 1. The van der Waals surface area contributed by atoms with E-state index in [0.717, 1.165) is 25.7 Å². The molecule has 9 heteroatoms. The van der Waals surface area contributed by atoms with E-state index in [0.29, 0.717) is 29.0 Å². The first-order valence-electron chi connectivity index (χ1n) is 10.5. The van der Waals surface area contributed by atoms with Crippen LogP contribution in [0.4, 0.5) is 4.79 Å². The zero-order chi connectivity index (χ0) is 22.4. The Morgan fingerprint density at radius 1 is 1.19 bits per heavy atom. The van der Waals surface area contributed by atoms with Gasteiger partial charge >= 0.3 is 6.09 Å². The van der Waals surface area contributed by atoms with Crippen molar-refractivity contribution in [2.24, 2.45) is 5.41 Å². The summed E-state index contributed by atoms with van der Waals surface area (Å²) in [6, 6.07) is 6.89. The number of hydrogen-bond donors (Lipinski definition) is 1. The Morgan fingerprint density at radius 2 is 1.87 bits per heavy atom. The van der Waals surface area contributed by atoms with Gasteiger partial charge in [-0.3, -0.25) is 0 Å². The number of piperidine rings is 1. The van der Waals surface area contributed by atoms with Crippen molar-refractivity contribution >= 4 is 38.5 Å². The second kappa shape index (κ2) is 7.90. The molecule has 0 bridgehead atoms. The van der Waals surface area contributed by atoms with Gasteiger partial charge in [0.05, 0.1) is 4.90 Å². The molecule has 1 aliphatic carbocycles. The summed E-state index contributed by atoms with van der Waals surface area (Å²) >= 11 is 6.16. The Hall–Kier alpha value is -1.90. The van der Waals surface area contributed by atoms with Gasteiger partial charge in [0.15, 0.2) is 0 Å². The minimum Gasteiger partial charge on any atom is -0.444 e. The lowest BCUT2D eigenvalue weighted by Gasteiger charge is -2.51.